The van der Waals surface area contributed by atoms with Gasteiger partial charge in [0.2, 0.25) is 0 Å². The summed E-state index contributed by atoms with van der Waals surface area (Å²) >= 11 is 3.34. The number of nitrogens with one attached hydrogen (secondary N) is 1. The third kappa shape index (κ3) is 3.32. The van der Waals surface area contributed by atoms with Crippen LogP contribution in [0.2, 0.25) is 0 Å². The summed E-state index contributed by atoms with van der Waals surface area (Å²) in [4.78, 5) is 11.6. The van der Waals surface area contributed by atoms with Crippen molar-refractivity contribution < 1.29 is 9.53 Å². The Balaban J connectivity index is 2.01. The minimum Gasteiger partial charge on any atom is -0.410 e. The number of hydrogen-bond donors (Lipinski definition) is 1. The van der Waals surface area contributed by atoms with Crippen LogP contribution in [0.15, 0.2) is 59.1 Å². The fourth-order valence-electron chi connectivity index (χ4n) is 1.29. The van der Waals surface area contributed by atoms with E-state index in [-0.39, 0.29) is 0 Å². The summed E-state index contributed by atoms with van der Waals surface area (Å²) in [6.45, 7) is 0. The van der Waals surface area contributed by atoms with Gasteiger partial charge in [-0.15, -0.1) is 0 Å². The number of carbonyl (C=O) groups is 1. The molecule has 17 heavy (non-hydrogen) atoms. The SMILES string of the molecule is O=C(Nc1ccccc1Br)Oc1ccccc1. The molecule has 2 aromatic carbocycles. The number of amides is 1. The molecule has 0 aromatic heterocycles. The quantitative estimate of drug-likeness (QED) is 0.906. The highest BCUT2D eigenvalue weighted by Crippen LogP contribution is 2.21. The van der Waals surface area contributed by atoms with Gasteiger partial charge in [0.25, 0.3) is 0 Å². The monoisotopic (exact) mass is 291 g/mol. The minimum absolute atomic E-state index is 0.511. The number of anilines is 1. The highest BCUT2D eigenvalue weighted by molar-refractivity contribution is 9.10. The molecule has 0 unspecified atom stereocenters. The third-order valence-corrected chi connectivity index (χ3v) is 2.76. The first-order valence-corrected chi connectivity index (χ1v) is 5.83. The normalized spacial score (nSPS) is 9.71. The molecule has 0 bridgehead atoms. The average Bonchev–Trinajstić information content (AvgIpc) is 2.33. The van der Waals surface area contributed by atoms with Crippen molar-refractivity contribution in [2.24, 2.45) is 0 Å². The number of halogens is 1. The van der Waals surface area contributed by atoms with Crippen LogP contribution in [0.4, 0.5) is 10.5 Å². The second kappa shape index (κ2) is 5.50. The minimum atomic E-state index is -0.511. The standard InChI is InChI=1S/C13H10BrNO2/c14-11-8-4-5-9-12(11)15-13(16)17-10-6-2-1-3-7-10/h1-9H,(H,15,16). The van der Waals surface area contributed by atoms with E-state index in [1.165, 1.54) is 0 Å². The fourth-order valence-corrected chi connectivity index (χ4v) is 1.68. The third-order valence-electron chi connectivity index (χ3n) is 2.06. The zero-order valence-electron chi connectivity index (χ0n) is 8.89. The first-order valence-electron chi connectivity index (χ1n) is 5.04. The van der Waals surface area contributed by atoms with Crippen LogP contribution in [0.1, 0.15) is 0 Å². The van der Waals surface area contributed by atoms with Crippen LogP contribution < -0.4 is 10.1 Å². The van der Waals surface area contributed by atoms with Crippen molar-refractivity contribution in [3.63, 3.8) is 0 Å². The van der Waals surface area contributed by atoms with Crippen molar-refractivity contribution in [2.75, 3.05) is 5.32 Å². The lowest BCUT2D eigenvalue weighted by molar-refractivity contribution is 0.215. The molecular weight excluding hydrogens is 282 g/mol. The average molecular weight is 292 g/mol. The number of hydrogen-bond acceptors (Lipinski definition) is 2. The first kappa shape index (κ1) is 11.7. The van der Waals surface area contributed by atoms with E-state index in [0.29, 0.717) is 11.4 Å². The predicted molar refractivity (Wildman–Crippen MR) is 70.2 cm³/mol. The Kier molecular flexibility index (Phi) is 3.77. The lowest BCUT2D eigenvalue weighted by atomic mass is 10.3. The van der Waals surface area contributed by atoms with Crippen molar-refractivity contribution in [1.29, 1.82) is 0 Å². The van der Waals surface area contributed by atoms with Crippen molar-refractivity contribution in [1.82, 2.24) is 0 Å². The van der Waals surface area contributed by atoms with Crippen LogP contribution in [0.5, 0.6) is 5.75 Å². The fraction of sp³-hybridized carbons (Fsp3) is 0. The van der Waals surface area contributed by atoms with Gasteiger partial charge in [0, 0.05) is 4.47 Å². The molecule has 1 amide bonds. The van der Waals surface area contributed by atoms with E-state index in [4.69, 9.17) is 4.74 Å². The van der Waals surface area contributed by atoms with Crippen LogP contribution in [0.25, 0.3) is 0 Å². The maximum Gasteiger partial charge on any atom is 0.417 e. The van der Waals surface area contributed by atoms with Gasteiger partial charge in [-0.2, -0.15) is 0 Å². The van der Waals surface area contributed by atoms with Gasteiger partial charge in [0.05, 0.1) is 5.69 Å². The molecule has 3 nitrogen and oxygen atoms in total. The Morgan fingerprint density at radius 2 is 1.65 bits per heavy atom. The Hall–Kier alpha value is -1.81. The number of ether oxygens (including phenoxy) is 1. The zero-order chi connectivity index (χ0) is 12.1. The highest BCUT2D eigenvalue weighted by Gasteiger charge is 2.06. The number of rotatable bonds is 2. The topological polar surface area (TPSA) is 38.3 Å². The summed E-state index contributed by atoms with van der Waals surface area (Å²) in [7, 11) is 0. The highest BCUT2D eigenvalue weighted by atomic mass is 79.9. The van der Waals surface area contributed by atoms with Crippen molar-refractivity contribution in [2.45, 2.75) is 0 Å². The van der Waals surface area contributed by atoms with E-state index >= 15 is 0 Å². The van der Waals surface area contributed by atoms with E-state index in [1.54, 1.807) is 30.3 Å². The summed E-state index contributed by atoms with van der Waals surface area (Å²) in [5.41, 5.74) is 0.674. The Bertz CT molecular complexity index is 514. The van der Waals surface area contributed by atoms with Gasteiger partial charge in [-0.05, 0) is 40.2 Å². The van der Waals surface area contributed by atoms with Crippen molar-refractivity contribution >= 4 is 27.7 Å². The molecule has 0 fully saturated rings. The van der Waals surface area contributed by atoms with Crippen LogP contribution in [0, 0.1) is 0 Å². The van der Waals surface area contributed by atoms with Gasteiger partial charge < -0.3 is 4.74 Å². The van der Waals surface area contributed by atoms with Gasteiger partial charge >= 0.3 is 6.09 Å². The summed E-state index contributed by atoms with van der Waals surface area (Å²) in [6.07, 6.45) is -0.511. The molecule has 1 N–H and O–H groups in total. The van der Waals surface area contributed by atoms with Crippen LogP contribution >= 0.6 is 15.9 Å². The number of carbonyl (C=O) groups excluding carboxylic acids is 1. The maximum atomic E-state index is 11.6. The molecule has 0 spiro atoms. The smallest absolute Gasteiger partial charge is 0.410 e. The lowest BCUT2D eigenvalue weighted by Gasteiger charge is -2.07. The Labute approximate surface area is 108 Å². The van der Waals surface area contributed by atoms with E-state index < -0.39 is 6.09 Å². The second-order valence-corrected chi connectivity index (χ2v) is 4.16. The van der Waals surface area contributed by atoms with Crippen molar-refractivity contribution in [3.8, 4) is 5.75 Å². The molecule has 2 rings (SSSR count). The molecule has 2 aromatic rings. The molecule has 0 aliphatic carbocycles. The van der Waals surface area contributed by atoms with E-state index in [2.05, 4.69) is 21.2 Å². The van der Waals surface area contributed by atoms with Gasteiger partial charge in [0.1, 0.15) is 5.75 Å². The largest absolute Gasteiger partial charge is 0.417 e. The first-order chi connectivity index (χ1) is 8.25. The van der Waals surface area contributed by atoms with Gasteiger partial charge in [-0.3, -0.25) is 5.32 Å². The van der Waals surface area contributed by atoms with E-state index in [0.717, 1.165) is 4.47 Å². The zero-order valence-corrected chi connectivity index (χ0v) is 10.5. The predicted octanol–water partition coefficient (Wildman–Crippen LogP) is 4.06. The van der Waals surface area contributed by atoms with Crippen LogP contribution in [-0.4, -0.2) is 6.09 Å². The summed E-state index contributed by atoms with van der Waals surface area (Å²) in [5, 5.41) is 2.65. The van der Waals surface area contributed by atoms with Crippen LogP contribution in [-0.2, 0) is 0 Å². The molecule has 4 heteroatoms. The molecule has 86 valence electrons. The number of para-hydroxylation sites is 2. The summed E-state index contributed by atoms with van der Waals surface area (Å²) in [5.74, 6) is 0.511. The Morgan fingerprint density at radius 3 is 2.35 bits per heavy atom. The Morgan fingerprint density at radius 1 is 1.00 bits per heavy atom. The van der Waals surface area contributed by atoms with E-state index in [9.17, 15) is 4.79 Å². The summed E-state index contributed by atoms with van der Waals surface area (Å²) in [6, 6.07) is 16.3. The van der Waals surface area contributed by atoms with Gasteiger partial charge in [-0.1, -0.05) is 30.3 Å². The molecule has 0 heterocycles. The molecule has 0 radical (unpaired) electrons. The lowest BCUT2D eigenvalue weighted by Crippen LogP contribution is -2.16. The molecule has 0 atom stereocenters. The summed E-state index contributed by atoms with van der Waals surface area (Å²) < 4.78 is 5.91. The molecule has 0 aliphatic heterocycles. The number of benzene rings is 2. The van der Waals surface area contributed by atoms with Crippen molar-refractivity contribution in [3.05, 3.63) is 59.1 Å². The molecule has 0 saturated heterocycles. The second-order valence-electron chi connectivity index (χ2n) is 3.31. The molecule has 0 saturated carbocycles. The van der Waals surface area contributed by atoms with Gasteiger partial charge in [0.15, 0.2) is 0 Å². The van der Waals surface area contributed by atoms with Gasteiger partial charge in [-0.25, -0.2) is 4.79 Å². The molecular formula is C13H10BrNO2. The molecule has 0 aliphatic rings. The van der Waals surface area contributed by atoms with Crippen LogP contribution in [0.3, 0.4) is 0 Å². The van der Waals surface area contributed by atoms with E-state index in [1.807, 2.05) is 24.3 Å². The maximum absolute atomic E-state index is 11.6.